The third kappa shape index (κ3) is 3.51. The standard InChI is InChI=1S/C13H16N4OS/c1-8(2)10-5-3-9(4-6-10)7-15-11(18)12-16-17-13(14)19-12/h3-6,8H,7H2,1-2H3,(H2,14,17)(H,15,18). The van der Waals surface area contributed by atoms with Gasteiger partial charge in [0, 0.05) is 6.54 Å². The molecule has 5 nitrogen and oxygen atoms in total. The van der Waals surface area contributed by atoms with E-state index in [1.165, 1.54) is 5.56 Å². The number of nitrogen functional groups attached to an aromatic ring is 1. The van der Waals surface area contributed by atoms with E-state index in [9.17, 15) is 4.79 Å². The molecule has 1 aromatic carbocycles. The van der Waals surface area contributed by atoms with Crippen LogP contribution in [0, 0.1) is 0 Å². The maximum atomic E-state index is 11.7. The maximum Gasteiger partial charge on any atom is 0.282 e. The molecule has 0 fully saturated rings. The molecular weight excluding hydrogens is 260 g/mol. The average Bonchev–Trinajstić information content (AvgIpc) is 2.83. The summed E-state index contributed by atoms with van der Waals surface area (Å²) in [5.41, 5.74) is 7.77. The van der Waals surface area contributed by atoms with Gasteiger partial charge in [0.1, 0.15) is 0 Å². The lowest BCUT2D eigenvalue weighted by Crippen LogP contribution is -2.22. The Balaban J connectivity index is 1.93. The van der Waals surface area contributed by atoms with Crippen molar-refractivity contribution < 1.29 is 4.79 Å². The van der Waals surface area contributed by atoms with Gasteiger partial charge in [0.05, 0.1) is 0 Å². The van der Waals surface area contributed by atoms with E-state index < -0.39 is 0 Å². The molecule has 0 aliphatic rings. The fourth-order valence-corrected chi connectivity index (χ4v) is 2.13. The van der Waals surface area contributed by atoms with Crippen LogP contribution in [0.3, 0.4) is 0 Å². The largest absolute Gasteiger partial charge is 0.374 e. The molecule has 2 aromatic rings. The van der Waals surface area contributed by atoms with Gasteiger partial charge in [0.15, 0.2) is 0 Å². The summed E-state index contributed by atoms with van der Waals surface area (Å²) in [6.45, 7) is 4.77. The minimum absolute atomic E-state index is 0.248. The number of nitrogens with two attached hydrogens (primary N) is 1. The molecule has 0 saturated carbocycles. The van der Waals surface area contributed by atoms with Gasteiger partial charge >= 0.3 is 0 Å². The lowest BCUT2D eigenvalue weighted by Gasteiger charge is -2.07. The van der Waals surface area contributed by atoms with Crippen LogP contribution in [0.25, 0.3) is 0 Å². The van der Waals surface area contributed by atoms with Crippen molar-refractivity contribution >= 4 is 22.4 Å². The van der Waals surface area contributed by atoms with Gasteiger partial charge in [-0.25, -0.2) is 0 Å². The van der Waals surface area contributed by atoms with E-state index in [0.29, 0.717) is 17.6 Å². The van der Waals surface area contributed by atoms with Crippen LogP contribution in [0.2, 0.25) is 0 Å². The van der Waals surface area contributed by atoms with Crippen LogP contribution < -0.4 is 11.1 Å². The normalized spacial score (nSPS) is 10.7. The van der Waals surface area contributed by atoms with Crippen molar-refractivity contribution in [3.8, 4) is 0 Å². The number of anilines is 1. The van der Waals surface area contributed by atoms with Crippen LogP contribution in [-0.2, 0) is 6.54 Å². The number of carbonyl (C=O) groups is 1. The number of hydrogen-bond donors (Lipinski definition) is 2. The highest BCUT2D eigenvalue weighted by molar-refractivity contribution is 7.16. The Bertz CT molecular complexity index is 562. The quantitative estimate of drug-likeness (QED) is 0.896. The van der Waals surface area contributed by atoms with Crippen LogP contribution in [0.4, 0.5) is 5.13 Å². The van der Waals surface area contributed by atoms with Crippen molar-refractivity contribution in [3.05, 3.63) is 40.4 Å². The van der Waals surface area contributed by atoms with E-state index in [2.05, 4.69) is 41.5 Å². The van der Waals surface area contributed by atoms with Crippen LogP contribution in [-0.4, -0.2) is 16.1 Å². The van der Waals surface area contributed by atoms with Crippen LogP contribution >= 0.6 is 11.3 Å². The average molecular weight is 276 g/mol. The highest BCUT2D eigenvalue weighted by Crippen LogP contribution is 2.15. The number of rotatable bonds is 4. The summed E-state index contributed by atoms with van der Waals surface area (Å²) in [5.74, 6) is 0.259. The number of nitrogens with one attached hydrogen (secondary N) is 1. The molecule has 0 radical (unpaired) electrons. The summed E-state index contributed by atoms with van der Waals surface area (Å²) >= 11 is 1.08. The van der Waals surface area contributed by atoms with Gasteiger partial charge in [-0.3, -0.25) is 4.79 Å². The molecule has 6 heteroatoms. The highest BCUT2D eigenvalue weighted by atomic mass is 32.1. The van der Waals surface area contributed by atoms with Crippen molar-refractivity contribution in [2.24, 2.45) is 0 Å². The van der Waals surface area contributed by atoms with Gasteiger partial charge in [-0.15, -0.1) is 10.2 Å². The fraction of sp³-hybridized carbons (Fsp3) is 0.308. The smallest absolute Gasteiger partial charge is 0.282 e. The minimum Gasteiger partial charge on any atom is -0.374 e. The number of amides is 1. The maximum absolute atomic E-state index is 11.7. The Morgan fingerprint density at radius 3 is 2.53 bits per heavy atom. The van der Waals surface area contributed by atoms with Crippen molar-refractivity contribution in [1.29, 1.82) is 0 Å². The predicted octanol–water partition coefficient (Wildman–Crippen LogP) is 2.17. The molecule has 1 aromatic heterocycles. The van der Waals surface area contributed by atoms with E-state index in [4.69, 9.17) is 5.73 Å². The summed E-state index contributed by atoms with van der Waals surface area (Å²) in [7, 11) is 0. The number of carbonyl (C=O) groups excluding carboxylic acids is 1. The number of nitrogens with zero attached hydrogens (tertiary/aromatic N) is 2. The molecule has 1 amide bonds. The van der Waals surface area contributed by atoms with E-state index in [1.807, 2.05) is 12.1 Å². The Morgan fingerprint density at radius 2 is 2.00 bits per heavy atom. The molecule has 0 bridgehead atoms. The van der Waals surface area contributed by atoms with Crippen molar-refractivity contribution in [1.82, 2.24) is 15.5 Å². The molecule has 0 aliphatic carbocycles. The number of benzene rings is 1. The zero-order valence-corrected chi connectivity index (χ0v) is 11.7. The summed E-state index contributed by atoms with van der Waals surface area (Å²) in [4.78, 5) is 11.7. The van der Waals surface area contributed by atoms with Gasteiger partial charge in [-0.2, -0.15) is 0 Å². The van der Waals surface area contributed by atoms with Gasteiger partial charge in [-0.1, -0.05) is 49.4 Å². The first kappa shape index (κ1) is 13.5. The van der Waals surface area contributed by atoms with Gasteiger partial charge in [0.25, 0.3) is 5.91 Å². The second-order valence-electron chi connectivity index (χ2n) is 4.52. The van der Waals surface area contributed by atoms with Gasteiger partial charge in [0.2, 0.25) is 10.1 Å². The van der Waals surface area contributed by atoms with Crippen LogP contribution in [0.1, 0.15) is 40.7 Å². The number of hydrogen-bond acceptors (Lipinski definition) is 5. The Hall–Kier alpha value is -1.95. The van der Waals surface area contributed by atoms with E-state index in [0.717, 1.165) is 16.9 Å². The Morgan fingerprint density at radius 1 is 1.32 bits per heavy atom. The van der Waals surface area contributed by atoms with E-state index in [-0.39, 0.29) is 10.9 Å². The molecule has 0 spiro atoms. The molecule has 0 saturated heterocycles. The monoisotopic (exact) mass is 276 g/mol. The molecule has 19 heavy (non-hydrogen) atoms. The van der Waals surface area contributed by atoms with Crippen molar-refractivity contribution in [3.63, 3.8) is 0 Å². The predicted molar refractivity (Wildman–Crippen MR) is 76.0 cm³/mol. The zero-order valence-electron chi connectivity index (χ0n) is 10.9. The van der Waals surface area contributed by atoms with Crippen LogP contribution in [0.5, 0.6) is 0 Å². The molecule has 1 heterocycles. The first-order valence-corrected chi connectivity index (χ1v) is 6.84. The van der Waals surface area contributed by atoms with E-state index in [1.54, 1.807) is 0 Å². The molecule has 0 atom stereocenters. The first-order chi connectivity index (χ1) is 9.06. The lowest BCUT2D eigenvalue weighted by molar-refractivity contribution is 0.0950. The lowest BCUT2D eigenvalue weighted by atomic mass is 10.0. The van der Waals surface area contributed by atoms with Crippen molar-refractivity contribution in [2.75, 3.05) is 5.73 Å². The van der Waals surface area contributed by atoms with Crippen molar-refractivity contribution in [2.45, 2.75) is 26.3 Å². The Kier molecular flexibility index (Phi) is 4.11. The van der Waals surface area contributed by atoms with Crippen LogP contribution in [0.15, 0.2) is 24.3 Å². The molecule has 2 rings (SSSR count). The number of aromatic nitrogens is 2. The summed E-state index contributed by atoms with van der Waals surface area (Å²) < 4.78 is 0. The molecular formula is C13H16N4OS. The third-order valence-electron chi connectivity index (χ3n) is 2.73. The molecule has 0 unspecified atom stereocenters. The molecule has 0 aliphatic heterocycles. The third-order valence-corrected chi connectivity index (χ3v) is 3.49. The fourth-order valence-electron chi connectivity index (χ4n) is 1.60. The summed E-state index contributed by atoms with van der Waals surface area (Å²) in [5, 5.41) is 10.7. The summed E-state index contributed by atoms with van der Waals surface area (Å²) in [6, 6.07) is 8.19. The SMILES string of the molecule is CC(C)c1ccc(CNC(=O)c2nnc(N)s2)cc1. The highest BCUT2D eigenvalue weighted by Gasteiger charge is 2.10. The van der Waals surface area contributed by atoms with E-state index >= 15 is 0 Å². The second kappa shape index (κ2) is 5.79. The molecule has 3 N–H and O–H groups in total. The van der Waals surface area contributed by atoms with Gasteiger partial charge in [-0.05, 0) is 17.0 Å². The summed E-state index contributed by atoms with van der Waals surface area (Å²) in [6.07, 6.45) is 0. The zero-order chi connectivity index (χ0) is 13.8. The first-order valence-electron chi connectivity index (χ1n) is 6.02. The molecule has 100 valence electrons. The Labute approximate surface area is 115 Å². The minimum atomic E-state index is -0.248. The topological polar surface area (TPSA) is 80.9 Å². The second-order valence-corrected chi connectivity index (χ2v) is 5.53. The van der Waals surface area contributed by atoms with Gasteiger partial charge < -0.3 is 11.1 Å².